The summed E-state index contributed by atoms with van der Waals surface area (Å²) in [4.78, 5) is 18.9. The number of rotatable bonds is 5. The summed E-state index contributed by atoms with van der Waals surface area (Å²) < 4.78 is 5.53. The molecule has 2 rings (SSSR count). The summed E-state index contributed by atoms with van der Waals surface area (Å²) in [5.74, 6) is -0.817. The Bertz CT molecular complexity index is 560. The molecular weight excluding hydrogens is 354 g/mol. The Morgan fingerprint density at radius 1 is 1.14 bits per heavy atom. The van der Waals surface area contributed by atoms with E-state index in [9.17, 15) is 9.90 Å². The molecule has 1 saturated carbocycles. The second kappa shape index (κ2) is 8.45. The zero-order valence-corrected chi connectivity index (χ0v) is 19.1. The third kappa shape index (κ3) is 5.80. The molecule has 0 bridgehead atoms. The Morgan fingerprint density at radius 3 is 2.25 bits per heavy atom. The van der Waals surface area contributed by atoms with E-state index >= 15 is 0 Å². The predicted octanol–water partition coefficient (Wildman–Crippen LogP) is 4.63. The lowest BCUT2D eigenvalue weighted by molar-refractivity contribution is -0.293. The summed E-state index contributed by atoms with van der Waals surface area (Å²) in [6.07, 6.45) is 8.18. The van der Waals surface area contributed by atoms with E-state index in [1.807, 2.05) is 39.8 Å². The number of esters is 1. The van der Waals surface area contributed by atoms with Gasteiger partial charge in [0, 0.05) is 11.1 Å². The molecule has 0 aromatic carbocycles. The van der Waals surface area contributed by atoms with E-state index < -0.39 is 17.6 Å². The van der Waals surface area contributed by atoms with E-state index in [0.29, 0.717) is 6.42 Å². The molecule has 0 amide bonds. The molecule has 0 aromatic heterocycles. The van der Waals surface area contributed by atoms with Crippen molar-refractivity contribution in [2.24, 2.45) is 11.8 Å². The van der Waals surface area contributed by atoms with Crippen LogP contribution in [0.15, 0.2) is 12.2 Å². The van der Waals surface area contributed by atoms with Crippen LogP contribution >= 0.6 is 0 Å². The van der Waals surface area contributed by atoms with Gasteiger partial charge in [0.25, 0.3) is 0 Å². The van der Waals surface area contributed by atoms with Gasteiger partial charge >= 0.3 is 5.97 Å². The highest BCUT2D eigenvalue weighted by atomic mass is 16.7. The summed E-state index contributed by atoms with van der Waals surface area (Å²) in [7, 11) is 0. The SMILES string of the molecule is C[C@H](C=C[C@@H]1CC[C@@H](O)[C@@H]1C(=O)OC(C)(C)C)ON1C(C)(C)CCCC1(C)C. The molecule has 5 nitrogen and oxygen atoms in total. The Kier molecular flexibility index (Phi) is 7.05. The van der Waals surface area contributed by atoms with Crippen LogP contribution < -0.4 is 0 Å². The first-order chi connectivity index (χ1) is 12.7. The van der Waals surface area contributed by atoms with Gasteiger partial charge in [-0.15, -0.1) is 0 Å². The van der Waals surface area contributed by atoms with Crippen LogP contribution in [0.2, 0.25) is 0 Å². The van der Waals surface area contributed by atoms with Crippen LogP contribution in [-0.4, -0.2) is 45.0 Å². The third-order valence-electron chi connectivity index (χ3n) is 5.93. The molecule has 0 radical (unpaired) electrons. The number of aliphatic hydroxyl groups excluding tert-OH is 1. The zero-order valence-electron chi connectivity index (χ0n) is 19.1. The maximum atomic E-state index is 12.6. The van der Waals surface area contributed by atoms with Gasteiger partial charge in [0.2, 0.25) is 0 Å². The molecule has 2 fully saturated rings. The van der Waals surface area contributed by atoms with Crippen LogP contribution in [0.5, 0.6) is 0 Å². The largest absolute Gasteiger partial charge is 0.460 e. The molecule has 0 spiro atoms. The van der Waals surface area contributed by atoms with Crippen molar-refractivity contribution in [1.29, 1.82) is 0 Å². The number of hydroxylamine groups is 2. The smallest absolute Gasteiger partial charge is 0.312 e. The minimum atomic E-state index is -0.638. The fourth-order valence-electron chi connectivity index (χ4n) is 4.69. The summed E-state index contributed by atoms with van der Waals surface area (Å²) in [6.45, 7) is 16.5. The minimum Gasteiger partial charge on any atom is -0.460 e. The Balaban J connectivity index is 2.04. The van der Waals surface area contributed by atoms with Crippen molar-refractivity contribution in [3.8, 4) is 0 Å². The van der Waals surface area contributed by atoms with Gasteiger partial charge in [-0.25, -0.2) is 0 Å². The van der Waals surface area contributed by atoms with Crippen LogP contribution in [0, 0.1) is 11.8 Å². The molecular formula is C23H41NO4. The zero-order chi connectivity index (χ0) is 21.3. The summed E-state index contributed by atoms with van der Waals surface area (Å²) in [5, 5.41) is 12.5. The summed E-state index contributed by atoms with van der Waals surface area (Å²) >= 11 is 0. The number of piperidine rings is 1. The molecule has 1 aliphatic carbocycles. The van der Waals surface area contributed by atoms with Gasteiger partial charge in [0.15, 0.2) is 0 Å². The first-order valence-corrected chi connectivity index (χ1v) is 10.8. The van der Waals surface area contributed by atoms with Crippen molar-refractivity contribution >= 4 is 5.97 Å². The van der Waals surface area contributed by atoms with E-state index in [2.05, 4.69) is 32.8 Å². The second-order valence-corrected chi connectivity index (χ2v) is 10.8. The second-order valence-electron chi connectivity index (χ2n) is 10.8. The highest BCUT2D eigenvalue weighted by Gasteiger charge is 2.44. The molecule has 0 unspecified atom stereocenters. The van der Waals surface area contributed by atoms with Gasteiger partial charge in [-0.1, -0.05) is 12.2 Å². The minimum absolute atomic E-state index is 0.00749. The number of carbonyl (C=O) groups excluding carboxylic acids is 1. The predicted molar refractivity (Wildman–Crippen MR) is 112 cm³/mol. The highest BCUT2D eigenvalue weighted by Crippen LogP contribution is 2.39. The van der Waals surface area contributed by atoms with E-state index in [4.69, 9.17) is 9.57 Å². The highest BCUT2D eigenvalue weighted by molar-refractivity contribution is 5.74. The normalized spacial score (nSPS) is 31.8. The van der Waals surface area contributed by atoms with Crippen molar-refractivity contribution in [3.63, 3.8) is 0 Å². The Hall–Kier alpha value is -0.910. The summed E-state index contributed by atoms with van der Waals surface area (Å²) in [5.41, 5.74) is -0.561. The number of hydrogen-bond donors (Lipinski definition) is 1. The Labute approximate surface area is 171 Å². The number of ether oxygens (including phenoxy) is 1. The number of carbonyl (C=O) groups is 1. The van der Waals surface area contributed by atoms with E-state index in [0.717, 1.165) is 19.3 Å². The van der Waals surface area contributed by atoms with Crippen molar-refractivity contribution in [2.45, 2.75) is 116 Å². The monoisotopic (exact) mass is 395 g/mol. The quantitative estimate of drug-likeness (QED) is 0.543. The van der Waals surface area contributed by atoms with Gasteiger partial charge in [-0.05, 0) is 93.4 Å². The molecule has 1 heterocycles. The van der Waals surface area contributed by atoms with Crippen molar-refractivity contribution in [2.75, 3.05) is 0 Å². The van der Waals surface area contributed by atoms with Crippen molar-refractivity contribution in [3.05, 3.63) is 12.2 Å². The molecule has 2 aliphatic rings. The molecule has 5 heteroatoms. The maximum absolute atomic E-state index is 12.6. The van der Waals surface area contributed by atoms with Gasteiger partial charge < -0.3 is 9.84 Å². The fraction of sp³-hybridized carbons (Fsp3) is 0.870. The maximum Gasteiger partial charge on any atom is 0.312 e. The van der Waals surface area contributed by atoms with E-state index in [-0.39, 0.29) is 29.1 Å². The lowest BCUT2D eigenvalue weighted by atomic mass is 9.82. The Morgan fingerprint density at radius 2 is 1.71 bits per heavy atom. The number of allylic oxidation sites excluding steroid dienone is 1. The molecule has 1 saturated heterocycles. The van der Waals surface area contributed by atoms with Gasteiger partial charge in [-0.3, -0.25) is 9.63 Å². The van der Waals surface area contributed by atoms with Crippen LogP contribution in [0.25, 0.3) is 0 Å². The average Bonchev–Trinajstić information content (AvgIpc) is 2.88. The van der Waals surface area contributed by atoms with Crippen molar-refractivity contribution in [1.82, 2.24) is 5.06 Å². The van der Waals surface area contributed by atoms with E-state index in [1.165, 1.54) is 6.42 Å². The molecule has 28 heavy (non-hydrogen) atoms. The lowest BCUT2D eigenvalue weighted by Crippen LogP contribution is -2.58. The first kappa shape index (κ1) is 23.4. The van der Waals surface area contributed by atoms with Crippen LogP contribution in [0.3, 0.4) is 0 Å². The molecule has 0 aromatic rings. The van der Waals surface area contributed by atoms with Gasteiger partial charge in [0.1, 0.15) is 5.60 Å². The number of nitrogens with zero attached hydrogens (tertiary/aromatic N) is 1. The van der Waals surface area contributed by atoms with Gasteiger partial charge in [-0.2, -0.15) is 5.06 Å². The third-order valence-corrected chi connectivity index (χ3v) is 5.93. The van der Waals surface area contributed by atoms with Crippen LogP contribution in [0.1, 0.15) is 87.5 Å². The van der Waals surface area contributed by atoms with E-state index in [1.54, 1.807) is 0 Å². The lowest BCUT2D eigenvalue weighted by Gasteiger charge is -2.52. The molecule has 4 atom stereocenters. The number of hydrogen-bond acceptors (Lipinski definition) is 5. The molecule has 162 valence electrons. The fourth-order valence-corrected chi connectivity index (χ4v) is 4.69. The number of aliphatic hydroxyl groups is 1. The van der Waals surface area contributed by atoms with Crippen LogP contribution in [-0.2, 0) is 14.4 Å². The summed E-state index contributed by atoms with van der Waals surface area (Å²) in [6, 6.07) is 0. The standard InChI is InChI=1S/C23H41NO4/c1-16(28-24-22(5,6)14-9-15-23(24,7)8)10-11-17-12-13-18(25)19(17)20(26)27-21(2,3)4/h10-11,16-19,25H,9,12-15H2,1-8H3/t16-,17-,18-,19-/m1/s1. The van der Waals surface area contributed by atoms with Crippen LogP contribution in [0.4, 0.5) is 0 Å². The van der Waals surface area contributed by atoms with Gasteiger partial charge in [0.05, 0.1) is 18.1 Å². The average molecular weight is 396 g/mol. The first-order valence-electron chi connectivity index (χ1n) is 10.8. The molecule has 1 aliphatic heterocycles. The topological polar surface area (TPSA) is 59.0 Å². The van der Waals surface area contributed by atoms with Crippen molar-refractivity contribution < 1.29 is 19.5 Å². The molecule has 1 N–H and O–H groups in total.